The standard InChI is InChI=1S/C27H34F3N7O3/c1-17(27(28,29)30)40-23-16-19(14-21-24(23)25(31)34-33-21)18-2-3-20(26(32)38)22(15-18)37-8-6-35(7-9-37)4-5-36-10-12-39-13-11-36/h2-3,14-17H,4-13H2,1H3,(H2,32,38)(H3,31,33,34). The Kier molecular flexibility index (Phi) is 8.06. The van der Waals surface area contributed by atoms with Crippen LogP contribution in [0, 0.1) is 0 Å². The fraction of sp³-hybridized carbons (Fsp3) is 0.481. The number of ether oxygens (including phenoxy) is 2. The van der Waals surface area contributed by atoms with Gasteiger partial charge in [0.25, 0.3) is 5.91 Å². The molecule has 2 aromatic carbocycles. The van der Waals surface area contributed by atoms with Gasteiger partial charge in [0, 0.05) is 52.4 Å². The van der Waals surface area contributed by atoms with Crippen molar-refractivity contribution >= 4 is 28.3 Å². The second-order valence-electron chi connectivity index (χ2n) is 10.2. The molecule has 10 nitrogen and oxygen atoms in total. The summed E-state index contributed by atoms with van der Waals surface area (Å²) in [4.78, 5) is 19.3. The molecule has 0 saturated carbocycles. The largest absolute Gasteiger partial charge is 0.480 e. The summed E-state index contributed by atoms with van der Waals surface area (Å²) in [6.07, 6.45) is -6.60. The summed E-state index contributed by atoms with van der Waals surface area (Å²) in [7, 11) is 0. The van der Waals surface area contributed by atoms with E-state index in [4.69, 9.17) is 20.9 Å². The minimum Gasteiger partial charge on any atom is -0.480 e. The number of carbonyl (C=O) groups excluding carboxylic acids is 1. The third-order valence-electron chi connectivity index (χ3n) is 7.57. The Labute approximate surface area is 230 Å². The van der Waals surface area contributed by atoms with E-state index < -0.39 is 18.2 Å². The van der Waals surface area contributed by atoms with Gasteiger partial charge in [0.1, 0.15) is 5.75 Å². The highest BCUT2D eigenvalue weighted by molar-refractivity contribution is 6.01. The molecule has 1 unspecified atom stereocenters. The van der Waals surface area contributed by atoms with Crippen LogP contribution in [-0.2, 0) is 4.74 Å². The zero-order valence-electron chi connectivity index (χ0n) is 22.3. The van der Waals surface area contributed by atoms with Crippen LogP contribution in [0.15, 0.2) is 30.3 Å². The lowest BCUT2D eigenvalue weighted by molar-refractivity contribution is -0.188. The van der Waals surface area contributed by atoms with Gasteiger partial charge in [0.2, 0.25) is 0 Å². The van der Waals surface area contributed by atoms with Gasteiger partial charge >= 0.3 is 6.18 Å². The molecule has 0 bridgehead atoms. The average Bonchev–Trinajstić information content (AvgIpc) is 3.32. The lowest BCUT2D eigenvalue weighted by Gasteiger charge is -2.38. The molecule has 1 amide bonds. The number of hydrogen-bond donors (Lipinski definition) is 3. The molecule has 2 aliphatic rings. The number of piperazine rings is 1. The van der Waals surface area contributed by atoms with Crippen LogP contribution in [0.1, 0.15) is 17.3 Å². The maximum Gasteiger partial charge on any atom is 0.425 e. The topological polar surface area (TPSA) is 126 Å². The maximum absolute atomic E-state index is 13.3. The zero-order valence-corrected chi connectivity index (χ0v) is 22.3. The number of rotatable bonds is 8. The molecule has 1 aromatic heterocycles. The SMILES string of the molecule is CC(Oc1cc(-c2ccc(C(N)=O)c(N3CCN(CCN4CCOCC4)CC3)c2)cc2[nH]nc(N)c12)C(F)(F)F. The van der Waals surface area contributed by atoms with Gasteiger partial charge in [-0.15, -0.1) is 0 Å². The number of carbonyl (C=O) groups is 1. The number of amides is 1. The summed E-state index contributed by atoms with van der Waals surface area (Å²) in [6, 6.07) is 8.49. The van der Waals surface area contributed by atoms with Gasteiger partial charge in [-0.3, -0.25) is 19.7 Å². The van der Waals surface area contributed by atoms with E-state index in [9.17, 15) is 18.0 Å². The predicted octanol–water partition coefficient (Wildman–Crippen LogP) is 2.69. The highest BCUT2D eigenvalue weighted by atomic mass is 19.4. The fourth-order valence-corrected chi connectivity index (χ4v) is 5.16. The van der Waals surface area contributed by atoms with Crippen molar-refractivity contribution in [1.82, 2.24) is 20.0 Å². The molecule has 3 aromatic rings. The van der Waals surface area contributed by atoms with Crippen LogP contribution < -0.4 is 21.1 Å². The Hall–Kier alpha value is -3.55. The van der Waals surface area contributed by atoms with Gasteiger partial charge in [-0.05, 0) is 42.3 Å². The van der Waals surface area contributed by atoms with E-state index >= 15 is 0 Å². The van der Waals surface area contributed by atoms with Crippen molar-refractivity contribution in [2.45, 2.75) is 19.2 Å². The van der Waals surface area contributed by atoms with E-state index in [0.29, 0.717) is 41.0 Å². The summed E-state index contributed by atoms with van der Waals surface area (Å²) < 4.78 is 50.6. The number of fused-ring (bicyclic) bond motifs is 1. The van der Waals surface area contributed by atoms with Gasteiger partial charge < -0.3 is 25.8 Å². The highest BCUT2D eigenvalue weighted by Gasteiger charge is 2.38. The van der Waals surface area contributed by atoms with Gasteiger partial charge in [-0.2, -0.15) is 18.3 Å². The predicted molar refractivity (Wildman–Crippen MR) is 147 cm³/mol. The molecule has 0 spiro atoms. The highest BCUT2D eigenvalue weighted by Crippen LogP contribution is 2.38. The quantitative estimate of drug-likeness (QED) is 0.383. The van der Waals surface area contributed by atoms with Crippen molar-refractivity contribution in [1.29, 1.82) is 0 Å². The van der Waals surface area contributed by atoms with Gasteiger partial charge in [-0.1, -0.05) is 6.07 Å². The Morgan fingerprint density at radius 1 is 1.05 bits per heavy atom. The first kappa shape index (κ1) is 28.0. The van der Waals surface area contributed by atoms with E-state index in [1.807, 2.05) is 6.07 Å². The third-order valence-corrected chi connectivity index (χ3v) is 7.57. The number of H-pyrrole nitrogens is 1. The fourth-order valence-electron chi connectivity index (χ4n) is 5.16. The minimum absolute atomic E-state index is 0.0296. The zero-order chi connectivity index (χ0) is 28.4. The Morgan fingerprint density at radius 2 is 1.73 bits per heavy atom. The normalized spacial score (nSPS) is 18.2. The molecule has 216 valence electrons. The first-order valence-corrected chi connectivity index (χ1v) is 13.3. The number of nitrogen functional groups attached to an aromatic ring is 1. The van der Waals surface area contributed by atoms with E-state index in [-0.39, 0.29) is 17.0 Å². The lowest BCUT2D eigenvalue weighted by Crippen LogP contribution is -2.49. The van der Waals surface area contributed by atoms with Crippen molar-refractivity contribution in [3.8, 4) is 16.9 Å². The van der Waals surface area contributed by atoms with E-state index in [1.165, 1.54) is 6.07 Å². The number of aromatic amines is 1. The number of aromatic nitrogens is 2. The first-order valence-electron chi connectivity index (χ1n) is 13.3. The monoisotopic (exact) mass is 561 g/mol. The van der Waals surface area contributed by atoms with Crippen LogP contribution in [0.25, 0.3) is 22.0 Å². The molecule has 0 aliphatic carbocycles. The number of primary amides is 1. The maximum atomic E-state index is 13.3. The van der Waals surface area contributed by atoms with E-state index in [1.54, 1.807) is 18.2 Å². The molecule has 2 fully saturated rings. The van der Waals surface area contributed by atoms with Crippen LogP contribution >= 0.6 is 0 Å². The number of halogens is 3. The second kappa shape index (κ2) is 11.5. The molecule has 5 rings (SSSR count). The summed E-state index contributed by atoms with van der Waals surface area (Å²) in [6.45, 7) is 9.42. The number of alkyl halides is 3. The number of benzene rings is 2. The lowest BCUT2D eigenvalue weighted by atomic mass is 9.99. The molecule has 2 saturated heterocycles. The van der Waals surface area contributed by atoms with Gasteiger partial charge in [0.05, 0.1) is 35.4 Å². The van der Waals surface area contributed by atoms with Gasteiger partial charge in [-0.25, -0.2) is 0 Å². The molecular formula is C27H34F3N7O3. The second-order valence-corrected chi connectivity index (χ2v) is 10.2. The summed E-state index contributed by atoms with van der Waals surface area (Å²) in [5.41, 5.74) is 14.4. The summed E-state index contributed by atoms with van der Waals surface area (Å²) >= 11 is 0. The molecule has 13 heteroatoms. The average molecular weight is 562 g/mol. The minimum atomic E-state index is -4.55. The van der Waals surface area contributed by atoms with Crippen LogP contribution in [0.4, 0.5) is 24.7 Å². The number of nitrogens with zero attached hydrogens (tertiary/aromatic N) is 4. The number of hydrogen-bond acceptors (Lipinski definition) is 8. The molecule has 40 heavy (non-hydrogen) atoms. The van der Waals surface area contributed by atoms with E-state index in [2.05, 4.69) is 24.9 Å². The van der Waals surface area contributed by atoms with Crippen LogP contribution in [0.2, 0.25) is 0 Å². The van der Waals surface area contributed by atoms with Crippen LogP contribution in [0.5, 0.6) is 5.75 Å². The first-order chi connectivity index (χ1) is 19.1. The number of nitrogens with two attached hydrogens (primary N) is 2. The van der Waals surface area contributed by atoms with Crippen molar-refractivity contribution in [2.75, 3.05) is 76.2 Å². The number of anilines is 2. The smallest absolute Gasteiger partial charge is 0.425 e. The Bertz CT molecular complexity index is 1350. The van der Waals surface area contributed by atoms with Gasteiger partial charge in [0.15, 0.2) is 11.9 Å². The van der Waals surface area contributed by atoms with Crippen LogP contribution in [-0.4, -0.2) is 104 Å². The Morgan fingerprint density at radius 3 is 2.38 bits per heavy atom. The van der Waals surface area contributed by atoms with Crippen molar-refractivity contribution < 1.29 is 27.4 Å². The van der Waals surface area contributed by atoms with Crippen molar-refractivity contribution in [3.05, 3.63) is 35.9 Å². The molecule has 3 heterocycles. The molecule has 2 aliphatic heterocycles. The van der Waals surface area contributed by atoms with Crippen molar-refractivity contribution in [3.63, 3.8) is 0 Å². The molecule has 5 N–H and O–H groups in total. The molecule has 1 atom stereocenters. The number of nitrogens with one attached hydrogen (secondary N) is 1. The third kappa shape index (κ3) is 6.11. The van der Waals surface area contributed by atoms with E-state index in [0.717, 1.165) is 59.4 Å². The van der Waals surface area contributed by atoms with Crippen LogP contribution in [0.3, 0.4) is 0 Å². The number of morpholine rings is 1. The molecule has 0 radical (unpaired) electrons. The Balaban J connectivity index is 1.38. The molecular weight excluding hydrogens is 527 g/mol. The van der Waals surface area contributed by atoms with Crippen molar-refractivity contribution in [2.24, 2.45) is 5.73 Å². The summed E-state index contributed by atoms with van der Waals surface area (Å²) in [5.74, 6) is -0.531. The summed E-state index contributed by atoms with van der Waals surface area (Å²) in [5, 5.41) is 6.99.